The Morgan fingerprint density at radius 2 is 1.89 bits per heavy atom. The molecule has 1 aromatic carbocycles. The lowest BCUT2D eigenvalue weighted by molar-refractivity contribution is -0.117. The summed E-state index contributed by atoms with van der Waals surface area (Å²) in [6.45, 7) is 1.81. The topological polar surface area (TPSA) is 121 Å². The van der Waals surface area contributed by atoms with E-state index in [-0.39, 0.29) is 5.91 Å². The first-order valence-electron chi connectivity index (χ1n) is 5.84. The Labute approximate surface area is 107 Å². The molecule has 1 amide bonds. The third-order valence-corrected chi connectivity index (χ3v) is 2.77. The highest BCUT2D eigenvalue weighted by molar-refractivity contribution is 5.96. The van der Waals surface area contributed by atoms with Crippen LogP contribution in [0.2, 0.25) is 0 Å². The van der Waals surface area contributed by atoms with E-state index in [9.17, 15) is 14.4 Å². The maximum absolute atomic E-state index is 11.6. The van der Waals surface area contributed by atoms with Gasteiger partial charge < -0.3 is 21.0 Å². The second-order valence-electron chi connectivity index (χ2n) is 4.17. The fraction of sp³-hybridized carbons (Fsp3) is 0.250. The molecule has 0 radical (unpaired) electrons. The van der Waals surface area contributed by atoms with E-state index in [0.29, 0.717) is 23.1 Å². The minimum Gasteiger partial charge on any atom is -0.325 e. The Balaban J connectivity index is 2.37. The lowest BCUT2D eigenvalue weighted by Gasteiger charge is -2.10. The van der Waals surface area contributed by atoms with E-state index in [2.05, 4.69) is 15.3 Å². The number of carbonyl (C=O) groups is 1. The molecule has 1 aromatic heterocycles. The number of carbonyl (C=O) groups excluding carboxylic acids is 1. The number of nitrogens with two attached hydrogens (primary N) is 1. The zero-order chi connectivity index (χ0) is 14.0. The number of hydrogen-bond donors (Lipinski definition) is 4. The number of anilines is 1. The van der Waals surface area contributed by atoms with Crippen LogP contribution in [0.15, 0.2) is 27.8 Å². The monoisotopic (exact) mass is 262 g/mol. The van der Waals surface area contributed by atoms with E-state index in [1.807, 2.05) is 6.92 Å². The normalized spacial score (nSPS) is 12.3. The van der Waals surface area contributed by atoms with Gasteiger partial charge in [-0.25, -0.2) is 0 Å². The molecule has 100 valence electrons. The van der Waals surface area contributed by atoms with Crippen LogP contribution in [0.3, 0.4) is 0 Å². The van der Waals surface area contributed by atoms with Crippen LogP contribution in [-0.2, 0) is 4.79 Å². The first kappa shape index (κ1) is 13.0. The molecule has 5 N–H and O–H groups in total. The van der Waals surface area contributed by atoms with Crippen molar-refractivity contribution in [2.24, 2.45) is 5.73 Å². The van der Waals surface area contributed by atoms with Gasteiger partial charge in [-0.1, -0.05) is 6.92 Å². The van der Waals surface area contributed by atoms with Gasteiger partial charge in [-0.05, 0) is 24.6 Å². The summed E-state index contributed by atoms with van der Waals surface area (Å²) in [5, 5.41) is 2.64. The number of aromatic amines is 2. The fourth-order valence-corrected chi connectivity index (χ4v) is 1.61. The molecular formula is C12H14N4O3. The first-order valence-corrected chi connectivity index (χ1v) is 5.84. The average Bonchev–Trinajstić information content (AvgIpc) is 2.39. The van der Waals surface area contributed by atoms with Gasteiger partial charge in [0, 0.05) is 5.69 Å². The number of rotatable bonds is 3. The summed E-state index contributed by atoms with van der Waals surface area (Å²) in [6.07, 6.45) is 0.531. The van der Waals surface area contributed by atoms with E-state index in [1.54, 1.807) is 18.2 Å². The number of benzene rings is 1. The minimum atomic E-state index is -0.735. The number of hydrogen-bond acceptors (Lipinski definition) is 4. The number of aromatic nitrogens is 2. The minimum absolute atomic E-state index is 0.298. The molecule has 0 aliphatic heterocycles. The molecule has 0 bridgehead atoms. The number of fused-ring (bicyclic) bond motifs is 1. The summed E-state index contributed by atoms with van der Waals surface area (Å²) in [5.74, 6) is -0.298. The lowest BCUT2D eigenvalue weighted by Crippen LogP contribution is -2.34. The Morgan fingerprint density at radius 3 is 2.53 bits per heavy atom. The van der Waals surface area contributed by atoms with Crippen molar-refractivity contribution in [3.8, 4) is 0 Å². The molecule has 1 heterocycles. The number of nitrogens with one attached hydrogen (secondary N) is 3. The van der Waals surface area contributed by atoms with E-state index in [1.165, 1.54) is 0 Å². The highest BCUT2D eigenvalue weighted by atomic mass is 16.2. The zero-order valence-corrected chi connectivity index (χ0v) is 10.3. The molecule has 7 nitrogen and oxygen atoms in total. The molecule has 1 atom stereocenters. The van der Waals surface area contributed by atoms with Gasteiger partial charge in [-0.3, -0.25) is 14.4 Å². The molecule has 0 fully saturated rings. The Morgan fingerprint density at radius 1 is 1.26 bits per heavy atom. The number of H-pyrrole nitrogens is 2. The van der Waals surface area contributed by atoms with Crippen LogP contribution >= 0.6 is 0 Å². The van der Waals surface area contributed by atoms with E-state index in [4.69, 9.17) is 5.73 Å². The van der Waals surface area contributed by atoms with Crippen molar-refractivity contribution in [2.45, 2.75) is 19.4 Å². The highest BCUT2D eigenvalue weighted by Gasteiger charge is 2.11. The molecule has 0 unspecified atom stereocenters. The Hall–Kier alpha value is -2.41. The van der Waals surface area contributed by atoms with Gasteiger partial charge in [0.2, 0.25) is 5.91 Å². The van der Waals surface area contributed by atoms with Gasteiger partial charge in [0.25, 0.3) is 0 Å². The molecule has 2 aromatic rings. The molecule has 7 heteroatoms. The first-order chi connectivity index (χ1) is 9.01. The van der Waals surface area contributed by atoms with E-state index in [0.717, 1.165) is 0 Å². The SMILES string of the molecule is CC[C@H](N)C(=O)Nc1ccc2[nH]c(=O)c(=O)[nH]c2c1. The van der Waals surface area contributed by atoms with Crippen molar-refractivity contribution < 1.29 is 4.79 Å². The predicted molar refractivity (Wildman–Crippen MR) is 72.1 cm³/mol. The largest absolute Gasteiger partial charge is 0.325 e. The highest BCUT2D eigenvalue weighted by Crippen LogP contribution is 2.14. The quantitative estimate of drug-likeness (QED) is 0.577. The second-order valence-corrected chi connectivity index (χ2v) is 4.17. The molecule has 2 rings (SSSR count). The van der Waals surface area contributed by atoms with E-state index < -0.39 is 17.2 Å². The third kappa shape index (κ3) is 2.71. The van der Waals surface area contributed by atoms with Gasteiger partial charge in [-0.2, -0.15) is 0 Å². The molecule has 19 heavy (non-hydrogen) atoms. The van der Waals surface area contributed by atoms with Gasteiger partial charge >= 0.3 is 11.1 Å². The van der Waals surface area contributed by atoms with Crippen LogP contribution in [0.4, 0.5) is 5.69 Å². The molecule has 0 saturated heterocycles. The summed E-state index contributed by atoms with van der Waals surface area (Å²) in [6, 6.07) is 4.20. The second kappa shape index (κ2) is 5.07. The predicted octanol–water partition coefficient (Wildman–Crippen LogP) is -0.108. The molecule has 0 aliphatic carbocycles. The van der Waals surface area contributed by atoms with Gasteiger partial charge in [0.1, 0.15) is 0 Å². The van der Waals surface area contributed by atoms with Crippen molar-refractivity contribution in [1.82, 2.24) is 9.97 Å². The van der Waals surface area contributed by atoms with Crippen LogP contribution in [0.25, 0.3) is 11.0 Å². The maximum atomic E-state index is 11.6. The van der Waals surface area contributed by atoms with Crippen molar-refractivity contribution in [3.05, 3.63) is 38.9 Å². The number of amides is 1. The molecule has 0 spiro atoms. The lowest BCUT2D eigenvalue weighted by atomic mass is 10.2. The van der Waals surface area contributed by atoms with Gasteiger partial charge in [0.15, 0.2) is 0 Å². The molecular weight excluding hydrogens is 248 g/mol. The average molecular weight is 262 g/mol. The van der Waals surface area contributed by atoms with Crippen LogP contribution in [0.1, 0.15) is 13.3 Å². The summed E-state index contributed by atoms with van der Waals surface area (Å²) in [5.41, 5.74) is 5.59. The standard InChI is InChI=1S/C12H14N4O3/c1-2-7(13)10(17)14-6-3-4-8-9(5-6)16-12(19)11(18)15-8/h3-5,7H,2,13H2,1H3,(H,14,17)(H,15,18)(H,16,19)/t7-/m0/s1. The summed E-state index contributed by atoms with van der Waals surface area (Å²) in [4.78, 5) is 38.9. The summed E-state index contributed by atoms with van der Waals surface area (Å²) < 4.78 is 0. The van der Waals surface area contributed by atoms with Gasteiger partial charge in [0.05, 0.1) is 17.1 Å². The van der Waals surface area contributed by atoms with Crippen LogP contribution < -0.4 is 22.2 Å². The molecule has 0 saturated carbocycles. The van der Waals surface area contributed by atoms with Crippen molar-refractivity contribution in [1.29, 1.82) is 0 Å². The fourth-order valence-electron chi connectivity index (χ4n) is 1.61. The van der Waals surface area contributed by atoms with Crippen LogP contribution in [-0.4, -0.2) is 21.9 Å². The van der Waals surface area contributed by atoms with Crippen molar-refractivity contribution in [3.63, 3.8) is 0 Å². The Bertz CT molecular complexity index is 732. The summed E-state index contributed by atoms with van der Waals surface area (Å²) in [7, 11) is 0. The summed E-state index contributed by atoms with van der Waals surface area (Å²) >= 11 is 0. The van der Waals surface area contributed by atoms with Crippen molar-refractivity contribution in [2.75, 3.05) is 5.32 Å². The van der Waals surface area contributed by atoms with E-state index >= 15 is 0 Å². The zero-order valence-electron chi connectivity index (χ0n) is 10.3. The van der Waals surface area contributed by atoms with Crippen molar-refractivity contribution >= 4 is 22.6 Å². The molecule has 0 aliphatic rings. The smallest absolute Gasteiger partial charge is 0.314 e. The Kier molecular flexibility index (Phi) is 3.48. The maximum Gasteiger partial charge on any atom is 0.314 e. The van der Waals surface area contributed by atoms with Gasteiger partial charge in [-0.15, -0.1) is 0 Å². The van der Waals surface area contributed by atoms with Crippen LogP contribution in [0, 0.1) is 0 Å². The van der Waals surface area contributed by atoms with Crippen LogP contribution in [0.5, 0.6) is 0 Å². The third-order valence-electron chi connectivity index (χ3n) is 2.77.